The molecule has 0 aromatic heterocycles. The average molecular weight is 417 g/mol. The fraction of sp³-hybridized carbons (Fsp3) is 0.476. The van der Waals surface area contributed by atoms with Crippen LogP contribution < -0.4 is 5.32 Å². The van der Waals surface area contributed by atoms with Crippen LogP contribution in [0.25, 0.3) is 0 Å². The number of amides is 4. The Morgan fingerprint density at radius 2 is 1.90 bits per heavy atom. The highest BCUT2D eigenvalue weighted by atomic mass is 35.5. The minimum atomic E-state index is -0.585. The third-order valence-corrected chi connectivity index (χ3v) is 6.30. The summed E-state index contributed by atoms with van der Waals surface area (Å²) in [5.74, 6) is -0.0594. The summed E-state index contributed by atoms with van der Waals surface area (Å²) in [5.41, 5.74) is 1.91. The predicted molar refractivity (Wildman–Crippen MR) is 109 cm³/mol. The molecule has 3 aliphatic rings. The van der Waals surface area contributed by atoms with Crippen molar-refractivity contribution in [3.8, 4) is 0 Å². The van der Waals surface area contributed by atoms with Crippen LogP contribution in [-0.4, -0.2) is 65.8 Å². The van der Waals surface area contributed by atoms with Crippen LogP contribution in [-0.2, 0) is 9.59 Å². The number of likely N-dealkylation sites (N-methyl/N-ethyl adjacent to an activating group) is 1. The second-order valence-electron chi connectivity index (χ2n) is 7.74. The number of nitrogens with zero attached hydrogens (tertiary/aromatic N) is 3. The first-order valence-electron chi connectivity index (χ1n) is 10.1. The van der Waals surface area contributed by atoms with Crippen molar-refractivity contribution in [2.75, 3.05) is 33.2 Å². The highest BCUT2D eigenvalue weighted by Gasteiger charge is 2.43. The Morgan fingerprint density at radius 3 is 2.62 bits per heavy atom. The highest BCUT2D eigenvalue weighted by molar-refractivity contribution is 6.31. The second kappa shape index (κ2) is 8.06. The van der Waals surface area contributed by atoms with Gasteiger partial charge in [0.2, 0.25) is 5.91 Å². The normalized spacial score (nSPS) is 22.1. The third kappa shape index (κ3) is 3.71. The Morgan fingerprint density at radius 1 is 1.17 bits per heavy atom. The Hall–Kier alpha value is -2.54. The van der Waals surface area contributed by atoms with E-state index >= 15 is 0 Å². The van der Waals surface area contributed by atoms with E-state index in [-0.39, 0.29) is 17.8 Å². The molecule has 154 valence electrons. The second-order valence-corrected chi connectivity index (χ2v) is 8.15. The number of piperidine rings is 1. The van der Waals surface area contributed by atoms with Crippen LogP contribution in [0.4, 0.5) is 4.79 Å². The summed E-state index contributed by atoms with van der Waals surface area (Å²) in [7, 11) is 1.66. The van der Waals surface area contributed by atoms with Gasteiger partial charge in [0.15, 0.2) is 0 Å². The van der Waals surface area contributed by atoms with Crippen molar-refractivity contribution >= 4 is 29.4 Å². The number of benzene rings is 1. The molecule has 1 aromatic carbocycles. The van der Waals surface area contributed by atoms with Gasteiger partial charge in [-0.2, -0.15) is 0 Å². The molecule has 1 unspecified atom stereocenters. The molecule has 8 heteroatoms. The molecule has 0 bridgehead atoms. The number of carbonyl (C=O) groups is 3. The van der Waals surface area contributed by atoms with Crippen molar-refractivity contribution in [2.24, 2.45) is 0 Å². The standard InChI is InChI=1S/C21H25ClN4O3/c1-24-16-13-26(12-9-17(27)25-10-5-2-6-11-25)20(28)18(16)19(23-21(24)29)14-7-3-4-8-15(14)22/h3-4,7-8,19H,2,5-6,9-13H2,1H3,(H,23,29). The van der Waals surface area contributed by atoms with Gasteiger partial charge in [-0.3, -0.25) is 14.5 Å². The number of rotatable bonds is 4. The minimum Gasteiger partial charge on any atom is -0.343 e. The maximum Gasteiger partial charge on any atom is 0.322 e. The van der Waals surface area contributed by atoms with Crippen LogP contribution >= 0.6 is 11.6 Å². The van der Waals surface area contributed by atoms with Crippen molar-refractivity contribution in [3.05, 3.63) is 46.1 Å². The van der Waals surface area contributed by atoms with Gasteiger partial charge in [-0.15, -0.1) is 0 Å². The number of hydrogen-bond acceptors (Lipinski definition) is 3. The van der Waals surface area contributed by atoms with Crippen LogP contribution in [0.3, 0.4) is 0 Å². The smallest absolute Gasteiger partial charge is 0.322 e. The van der Waals surface area contributed by atoms with E-state index in [1.165, 1.54) is 11.3 Å². The molecule has 4 amide bonds. The van der Waals surface area contributed by atoms with E-state index in [4.69, 9.17) is 11.6 Å². The number of halogens is 1. The molecular weight excluding hydrogens is 392 g/mol. The molecule has 29 heavy (non-hydrogen) atoms. The lowest BCUT2D eigenvalue weighted by Gasteiger charge is -2.31. The molecule has 1 saturated heterocycles. The van der Waals surface area contributed by atoms with Gasteiger partial charge >= 0.3 is 6.03 Å². The monoisotopic (exact) mass is 416 g/mol. The first-order chi connectivity index (χ1) is 14.0. The molecular formula is C21H25ClN4O3. The van der Waals surface area contributed by atoms with Gasteiger partial charge in [-0.05, 0) is 30.9 Å². The van der Waals surface area contributed by atoms with E-state index in [2.05, 4.69) is 5.32 Å². The van der Waals surface area contributed by atoms with E-state index in [0.29, 0.717) is 41.4 Å². The molecule has 1 aromatic rings. The van der Waals surface area contributed by atoms with Gasteiger partial charge in [0, 0.05) is 38.1 Å². The van der Waals surface area contributed by atoms with Crippen molar-refractivity contribution < 1.29 is 14.4 Å². The molecule has 3 aliphatic heterocycles. The SMILES string of the molecule is CN1C(=O)NC(c2ccccc2Cl)C2=C1CN(CCC(=O)N1CCCCC1)C2=O. The number of carbonyl (C=O) groups excluding carboxylic acids is 3. The number of likely N-dealkylation sites (tertiary alicyclic amines) is 1. The van der Waals surface area contributed by atoms with E-state index in [1.54, 1.807) is 18.0 Å². The van der Waals surface area contributed by atoms with Crippen LogP contribution in [0.5, 0.6) is 0 Å². The molecule has 4 rings (SSSR count). The number of hydrogen-bond donors (Lipinski definition) is 1. The quantitative estimate of drug-likeness (QED) is 0.819. The Bertz CT molecular complexity index is 878. The lowest BCUT2D eigenvalue weighted by atomic mass is 9.95. The number of urea groups is 1. The summed E-state index contributed by atoms with van der Waals surface area (Å²) < 4.78 is 0. The van der Waals surface area contributed by atoms with Crippen LogP contribution in [0.2, 0.25) is 5.02 Å². The fourth-order valence-corrected chi connectivity index (χ4v) is 4.52. The van der Waals surface area contributed by atoms with Gasteiger partial charge in [0.05, 0.1) is 23.9 Å². The zero-order valence-corrected chi connectivity index (χ0v) is 17.2. The highest BCUT2D eigenvalue weighted by Crippen LogP contribution is 2.37. The molecule has 0 radical (unpaired) electrons. The molecule has 0 saturated carbocycles. The first kappa shape index (κ1) is 19.8. The van der Waals surface area contributed by atoms with Crippen molar-refractivity contribution in [2.45, 2.75) is 31.7 Å². The topological polar surface area (TPSA) is 73.0 Å². The largest absolute Gasteiger partial charge is 0.343 e. The molecule has 3 heterocycles. The van der Waals surface area contributed by atoms with E-state index in [9.17, 15) is 14.4 Å². The maximum absolute atomic E-state index is 13.2. The lowest BCUT2D eigenvalue weighted by molar-refractivity contribution is -0.133. The van der Waals surface area contributed by atoms with E-state index in [0.717, 1.165) is 25.9 Å². The van der Waals surface area contributed by atoms with Gasteiger partial charge < -0.3 is 15.1 Å². The molecule has 1 atom stereocenters. The van der Waals surface area contributed by atoms with Gasteiger partial charge in [0.1, 0.15) is 0 Å². The Balaban J connectivity index is 1.51. The summed E-state index contributed by atoms with van der Waals surface area (Å²) in [4.78, 5) is 43.2. The predicted octanol–water partition coefficient (Wildman–Crippen LogP) is 2.54. The molecule has 0 spiro atoms. The third-order valence-electron chi connectivity index (χ3n) is 5.96. The average Bonchev–Trinajstić information content (AvgIpc) is 3.07. The van der Waals surface area contributed by atoms with Gasteiger partial charge in [-0.1, -0.05) is 29.8 Å². The summed E-state index contributed by atoms with van der Waals surface area (Å²) in [6, 6.07) is 6.35. The van der Waals surface area contributed by atoms with Crippen molar-refractivity contribution in [3.63, 3.8) is 0 Å². The minimum absolute atomic E-state index is 0.0904. The van der Waals surface area contributed by atoms with Gasteiger partial charge in [0.25, 0.3) is 5.91 Å². The van der Waals surface area contributed by atoms with E-state index in [1.807, 2.05) is 23.1 Å². The van der Waals surface area contributed by atoms with Crippen LogP contribution in [0.1, 0.15) is 37.3 Å². The molecule has 1 fully saturated rings. The first-order valence-corrected chi connectivity index (χ1v) is 10.4. The zero-order valence-electron chi connectivity index (χ0n) is 16.5. The lowest BCUT2D eigenvalue weighted by Crippen LogP contribution is -2.45. The molecule has 1 N–H and O–H groups in total. The van der Waals surface area contributed by atoms with E-state index < -0.39 is 6.04 Å². The summed E-state index contributed by atoms with van der Waals surface area (Å²) in [6.07, 6.45) is 3.56. The van der Waals surface area contributed by atoms with Crippen LogP contribution in [0, 0.1) is 0 Å². The van der Waals surface area contributed by atoms with Gasteiger partial charge in [-0.25, -0.2) is 4.79 Å². The zero-order chi connectivity index (χ0) is 20.5. The molecule has 7 nitrogen and oxygen atoms in total. The number of nitrogens with one attached hydrogen (secondary N) is 1. The maximum atomic E-state index is 13.2. The Labute approximate surface area is 175 Å². The van der Waals surface area contributed by atoms with Crippen molar-refractivity contribution in [1.82, 2.24) is 20.0 Å². The molecule has 0 aliphatic carbocycles. The summed E-state index contributed by atoms with van der Waals surface area (Å²) in [6.45, 7) is 2.28. The fourth-order valence-electron chi connectivity index (χ4n) is 4.28. The summed E-state index contributed by atoms with van der Waals surface area (Å²) >= 11 is 6.34. The van der Waals surface area contributed by atoms with Crippen molar-refractivity contribution in [1.29, 1.82) is 0 Å². The van der Waals surface area contributed by atoms with Crippen LogP contribution in [0.15, 0.2) is 35.5 Å². The summed E-state index contributed by atoms with van der Waals surface area (Å²) in [5, 5.41) is 3.38. The Kier molecular flexibility index (Phi) is 5.50.